The predicted octanol–water partition coefficient (Wildman–Crippen LogP) is 1.52. The largest absolute Gasteiger partial charge is 0.352 e. The molecule has 0 spiro atoms. The summed E-state index contributed by atoms with van der Waals surface area (Å²) < 4.78 is 0. The van der Waals surface area contributed by atoms with Crippen LogP contribution in [0.4, 0.5) is 11.1 Å². The number of carbonyl (C=O) groups is 1. The van der Waals surface area contributed by atoms with Crippen LogP contribution in [0.1, 0.15) is 5.69 Å². The second-order valence-corrected chi connectivity index (χ2v) is 4.47. The van der Waals surface area contributed by atoms with Gasteiger partial charge in [0.25, 0.3) is 0 Å². The van der Waals surface area contributed by atoms with Crippen LogP contribution in [0.2, 0.25) is 0 Å². The molecule has 6 nitrogen and oxygen atoms in total. The Labute approximate surface area is 114 Å². The number of rotatable bonds is 6. The van der Waals surface area contributed by atoms with E-state index >= 15 is 0 Å². The van der Waals surface area contributed by atoms with Gasteiger partial charge in [-0.25, -0.2) is 15.0 Å². The van der Waals surface area contributed by atoms with Crippen LogP contribution in [-0.2, 0) is 11.2 Å². The normalized spacial score (nSPS) is 9.89. The van der Waals surface area contributed by atoms with E-state index in [-0.39, 0.29) is 12.3 Å². The van der Waals surface area contributed by atoms with E-state index in [2.05, 4.69) is 32.2 Å². The zero-order valence-electron chi connectivity index (χ0n) is 10.2. The Morgan fingerprint density at radius 1 is 1.42 bits per heavy atom. The zero-order chi connectivity index (χ0) is 13.5. The topological polar surface area (TPSA) is 79.8 Å². The first-order valence-corrected chi connectivity index (χ1v) is 6.52. The van der Waals surface area contributed by atoms with Gasteiger partial charge in [0, 0.05) is 24.3 Å². The molecule has 19 heavy (non-hydrogen) atoms. The van der Waals surface area contributed by atoms with Crippen LogP contribution in [0, 0.1) is 0 Å². The van der Waals surface area contributed by atoms with Crippen LogP contribution in [0.15, 0.2) is 36.5 Å². The Balaban J connectivity index is 1.92. The highest BCUT2D eigenvalue weighted by Gasteiger charge is 2.07. The molecule has 0 radical (unpaired) electrons. The molecule has 1 amide bonds. The highest BCUT2D eigenvalue weighted by atomic mass is 32.1. The lowest BCUT2D eigenvalue weighted by atomic mass is 10.3. The molecule has 0 aliphatic rings. The summed E-state index contributed by atoms with van der Waals surface area (Å²) in [5.74, 6) is 0.409. The third kappa shape index (κ3) is 4.14. The van der Waals surface area contributed by atoms with E-state index < -0.39 is 0 Å². The van der Waals surface area contributed by atoms with Crippen LogP contribution < -0.4 is 10.6 Å². The summed E-state index contributed by atoms with van der Waals surface area (Å²) >= 11 is 1.41. The average Bonchev–Trinajstić information content (AvgIpc) is 2.85. The number of nitrogens with zero attached hydrogens (tertiary/aromatic N) is 3. The summed E-state index contributed by atoms with van der Waals surface area (Å²) in [6.45, 7) is 4.00. The number of thiazole rings is 1. The minimum atomic E-state index is -0.0762. The fraction of sp³-hybridized carbons (Fsp3) is 0.167. The Bertz CT molecular complexity index is 554. The minimum absolute atomic E-state index is 0.0762. The molecule has 2 N–H and O–H groups in total. The van der Waals surface area contributed by atoms with E-state index in [1.165, 1.54) is 11.3 Å². The number of carbonyl (C=O) groups excluding carboxylic acids is 1. The van der Waals surface area contributed by atoms with Gasteiger partial charge in [0.05, 0.1) is 12.1 Å². The number of hydrogen-bond acceptors (Lipinski definition) is 6. The zero-order valence-corrected chi connectivity index (χ0v) is 11.0. The number of aromatic nitrogens is 3. The second-order valence-electron chi connectivity index (χ2n) is 3.61. The van der Waals surface area contributed by atoms with Gasteiger partial charge in [0.1, 0.15) is 0 Å². The quantitative estimate of drug-likeness (QED) is 0.781. The third-order valence-electron chi connectivity index (χ3n) is 2.12. The first kappa shape index (κ1) is 13.2. The van der Waals surface area contributed by atoms with Gasteiger partial charge in [-0.05, 0) is 6.07 Å². The summed E-state index contributed by atoms with van der Waals surface area (Å²) in [5, 5.41) is 8.18. The summed E-state index contributed by atoms with van der Waals surface area (Å²) in [5.41, 5.74) is 0.713. The first-order valence-electron chi connectivity index (χ1n) is 5.64. The molecule has 98 valence electrons. The number of nitrogens with one attached hydrogen (secondary N) is 2. The predicted molar refractivity (Wildman–Crippen MR) is 74.3 cm³/mol. The SMILES string of the molecule is C=CCNC(=O)Cc1csc(Nc2ncccn2)n1. The molecule has 0 fully saturated rings. The lowest BCUT2D eigenvalue weighted by molar-refractivity contribution is -0.120. The van der Waals surface area contributed by atoms with Crippen molar-refractivity contribution in [2.75, 3.05) is 11.9 Å². The van der Waals surface area contributed by atoms with Gasteiger partial charge in [-0.2, -0.15) is 0 Å². The lowest BCUT2D eigenvalue weighted by Gasteiger charge is -2.00. The standard InChI is InChI=1S/C12H13N5OS/c1-2-4-13-10(18)7-9-8-19-12(16-9)17-11-14-5-3-6-15-11/h2-3,5-6,8H,1,4,7H2,(H,13,18)(H,14,15,16,17). The molecular weight excluding hydrogens is 262 g/mol. The van der Waals surface area contributed by atoms with Crippen molar-refractivity contribution in [3.63, 3.8) is 0 Å². The van der Waals surface area contributed by atoms with E-state index in [4.69, 9.17) is 0 Å². The Kier molecular flexibility index (Phi) is 4.57. The first-order chi connectivity index (χ1) is 9.28. The number of amides is 1. The Hall–Kier alpha value is -2.28. The number of hydrogen-bond donors (Lipinski definition) is 2. The summed E-state index contributed by atoms with van der Waals surface area (Å²) in [6.07, 6.45) is 5.18. The molecule has 2 heterocycles. The van der Waals surface area contributed by atoms with Crippen LogP contribution in [-0.4, -0.2) is 27.4 Å². The molecule has 2 aromatic rings. The van der Waals surface area contributed by atoms with Gasteiger partial charge in [-0.3, -0.25) is 4.79 Å². The minimum Gasteiger partial charge on any atom is -0.352 e. The van der Waals surface area contributed by atoms with Gasteiger partial charge >= 0.3 is 0 Å². The fourth-order valence-corrected chi connectivity index (χ4v) is 2.02. The van der Waals surface area contributed by atoms with Crippen molar-refractivity contribution in [2.45, 2.75) is 6.42 Å². The van der Waals surface area contributed by atoms with Crippen LogP contribution in [0.3, 0.4) is 0 Å². The monoisotopic (exact) mass is 275 g/mol. The van der Waals surface area contributed by atoms with Crippen LogP contribution in [0.25, 0.3) is 0 Å². The van der Waals surface area contributed by atoms with E-state index in [0.717, 1.165) is 0 Å². The Morgan fingerprint density at radius 2 is 2.21 bits per heavy atom. The maximum absolute atomic E-state index is 11.5. The number of anilines is 2. The molecule has 2 aromatic heterocycles. The van der Waals surface area contributed by atoms with Crippen molar-refractivity contribution >= 4 is 28.3 Å². The highest BCUT2D eigenvalue weighted by Crippen LogP contribution is 2.18. The van der Waals surface area contributed by atoms with Crippen LogP contribution in [0.5, 0.6) is 0 Å². The average molecular weight is 275 g/mol. The van der Waals surface area contributed by atoms with Gasteiger partial charge in [0.2, 0.25) is 11.9 Å². The van der Waals surface area contributed by atoms with Crippen molar-refractivity contribution in [1.29, 1.82) is 0 Å². The van der Waals surface area contributed by atoms with E-state index in [1.807, 2.05) is 5.38 Å². The van der Waals surface area contributed by atoms with Crippen LogP contribution >= 0.6 is 11.3 Å². The molecular formula is C12H13N5OS. The van der Waals surface area contributed by atoms with Gasteiger partial charge in [-0.15, -0.1) is 17.9 Å². The molecule has 0 aliphatic carbocycles. The maximum atomic E-state index is 11.5. The molecule has 0 saturated heterocycles. The Morgan fingerprint density at radius 3 is 2.95 bits per heavy atom. The molecule has 0 bridgehead atoms. The smallest absolute Gasteiger partial charge is 0.228 e. The van der Waals surface area contributed by atoms with Crippen molar-refractivity contribution in [2.24, 2.45) is 0 Å². The molecule has 0 aliphatic heterocycles. The molecule has 0 atom stereocenters. The molecule has 0 aromatic carbocycles. The van der Waals surface area contributed by atoms with Crippen molar-refractivity contribution in [3.8, 4) is 0 Å². The lowest BCUT2D eigenvalue weighted by Crippen LogP contribution is -2.25. The fourth-order valence-electron chi connectivity index (χ4n) is 1.32. The summed E-state index contributed by atoms with van der Waals surface area (Å²) in [6, 6.07) is 1.74. The summed E-state index contributed by atoms with van der Waals surface area (Å²) in [4.78, 5) is 23.9. The van der Waals surface area contributed by atoms with Gasteiger partial charge in [0.15, 0.2) is 5.13 Å². The molecule has 0 saturated carbocycles. The van der Waals surface area contributed by atoms with Crippen molar-refractivity contribution < 1.29 is 4.79 Å². The molecule has 0 unspecified atom stereocenters. The summed E-state index contributed by atoms with van der Waals surface area (Å²) in [7, 11) is 0. The van der Waals surface area contributed by atoms with Crippen molar-refractivity contribution in [1.82, 2.24) is 20.3 Å². The van der Waals surface area contributed by atoms with E-state index in [0.29, 0.717) is 23.3 Å². The molecule has 2 rings (SSSR count). The van der Waals surface area contributed by atoms with Gasteiger partial charge < -0.3 is 10.6 Å². The van der Waals surface area contributed by atoms with E-state index in [1.54, 1.807) is 24.5 Å². The van der Waals surface area contributed by atoms with Gasteiger partial charge in [-0.1, -0.05) is 6.08 Å². The maximum Gasteiger partial charge on any atom is 0.228 e. The molecule has 7 heteroatoms. The second kappa shape index (κ2) is 6.60. The van der Waals surface area contributed by atoms with E-state index in [9.17, 15) is 4.79 Å². The highest BCUT2D eigenvalue weighted by molar-refractivity contribution is 7.13. The van der Waals surface area contributed by atoms with Crippen molar-refractivity contribution in [3.05, 3.63) is 42.2 Å². The third-order valence-corrected chi connectivity index (χ3v) is 2.93.